The maximum atomic E-state index is 12.5. The van der Waals surface area contributed by atoms with Crippen LogP contribution in [0.1, 0.15) is 34.6 Å². The minimum absolute atomic E-state index is 0.0577. The Hall–Kier alpha value is -2.87. The molecule has 2 nitrogen and oxygen atoms in total. The van der Waals surface area contributed by atoms with E-state index in [1.165, 1.54) is 22.3 Å². The van der Waals surface area contributed by atoms with Gasteiger partial charge in [-0.05, 0) is 40.8 Å². The SMILES string of the molecule is O=C(CC1c2ccccc2Cc2ccccc21)Oc1ccccc1. The first-order chi connectivity index (χ1) is 11.8. The fourth-order valence-corrected chi connectivity index (χ4v) is 3.49. The number of carbonyl (C=O) groups excluding carboxylic acids is 1. The van der Waals surface area contributed by atoms with E-state index in [-0.39, 0.29) is 11.9 Å². The molecule has 1 aliphatic carbocycles. The van der Waals surface area contributed by atoms with Crippen molar-refractivity contribution in [2.24, 2.45) is 0 Å². The Morgan fingerprint density at radius 2 is 1.33 bits per heavy atom. The summed E-state index contributed by atoms with van der Waals surface area (Å²) in [5.41, 5.74) is 5.07. The molecule has 3 aromatic rings. The number of benzene rings is 3. The summed E-state index contributed by atoms with van der Waals surface area (Å²) in [7, 11) is 0. The van der Waals surface area contributed by atoms with Gasteiger partial charge in [0.15, 0.2) is 0 Å². The molecule has 0 aliphatic heterocycles. The number of rotatable bonds is 3. The van der Waals surface area contributed by atoms with Gasteiger partial charge in [0, 0.05) is 5.92 Å². The van der Waals surface area contributed by atoms with Crippen LogP contribution in [0.2, 0.25) is 0 Å². The van der Waals surface area contributed by atoms with Crippen LogP contribution in [0.3, 0.4) is 0 Å². The Kier molecular flexibility index (Phi) is 3.87. The van der Waals surface area contributed by atoms with Crippen LogP contribution < -0.4 is 4.74 Å². The van der Waals surface area contributed by atoms with Crippen LogP contribution in [-0.4, -0.2) is 5.97 Å². The fourth-order valence-electron chi connectivity index (χ4n) is 3.49. The van der Waals surface area contributed by atoms with Gasteiger partial charge in [-0.1, -0.05) is 66.7 Å². The van der Waals surface area contributed by atoms with Crippen molar-refractivity contribution in [2.45, 2.75) is 18.8 Å². The number of para-hydroxylation sites is 1. The van der Waals surface area contributed by atoms with E-state index >= 15 is 0 Å². The molecule has 0 amide bonds. The van der Waals surface area contributed by atoms with Gasteiger partial charge in [0.2, 0.25) is 0 Å². The molecule has 0 radical (unpaired) electrons. The highest BCUT2D eigenvalue weighted by Gasteiger charge is 2.27. The lowest BCUT2D eigenvalue weighted by molar-refractivity contribution is -0.134. The van der Waals surface area contributed by atoms with Gasteiger partial charge in [-0.3, -0.25) is 4.79 Å². The van der Waals surface area contributed by atoms with Crippen LogP contribution in [0.25, 0.3) is 0 Å². The van der Waals surface area contributed by atoms with E-state index in [9.17, 15) is 4.79 Å². The van der Waals surface area contributed by atoms with E-state index in [2.05, 4.69) is 36.4 Å². The van der Waals surface area contributed by atoms with Crippen molar-refractivity contribution in [3.05, 3.63) is 101 Å². The van der Waals surface area contributed by atoms with Crippen LogP contribution in [-0.2, 0) is 11.2 Å². The Morgan fingerprint density at radius 3 is 1.96 bits per heavy atom. The predicted molar refractivity (Wildman–Crippen MR) is 94.2 cm³/mol. The van der Waals surface area contributed by atoms with Crippen molar-refractivity contribution in [3.63, 3.8) is 0 Å². The largest absolute Gasteiger partial charge is 0.427 e. The van der Waals surface area contributed by atoms with Gasteiger partial charge < -0.3 is 4.74 Å². The summed E-state index contributed by atoms with van der Waals surface area (Å²) < 4.78 is 5.51. The van der Waals surface area contributed by atoms with Crippen molar-refractivity contribution in [2.75, 3.05) is 0 Å². The number of ether oxygens (including phenoxy) is 1. The van der Waals surface area contributed by atoms with Crippen molar-refractivity contribution in [3.8, 4) is 5.75 Å². The third-order valence-electron chi connectivity index (χ3n) is 4.59. The van der Waals surface area contributed by atoms with Crippen LogP contribution in [0.4, 0.5) is 0 Å². The normalized spacial score (nSPS) is 13.0. The van der Waals surface area contributed by atoms with Crippen LogP contribution in [0.5, 0.6) is 5.75 Å². The fraction of sp³-hybridized carbons (Fsp3) is 0.136. The molecule has 1 aliphatic rings. The molecule has 0 atom stereocenters. The number of carbonyl (C=O) groups is 1. The van der Waals surface area contributed by atoms with Gasteiger partial charge >= 0.3 is 5.97 Å². The Bertz CT molecular complexity index is 822. The first-order valence-electron chi connectivity index (χ1n) is 8.22. The molecule has 0 aromatic heterocycles. The minimum atomic E-state index is -0.197. The smallest absolute Gasteiger partial charge is 0.312 e. The predicted octanol–water partition coefficient (Wildman–Crippen LogP) is 4.72. The highest BCUT2D eigenvalue weighted by atomic mass is 16.5. The molecule has 0 spiro atoms. The number of fused-ring (bicyclic) bond motifs is 2. The third kappa shape index (κ3) is 2.83. The molecule has 24 heavy (non-hydrogen) atoms. The Labute approximate surface area is 141 Å². The van der Waals surface area contributed by atoms with E-state index in [1.807, 2.05) is 30.3 Å². The molecule has 3 aromatic carbocycles. The molecule has 2 heteroatoms. The van der Waals surface area contributed by atoms with Gasteiger partial charge in [0.05, 0.1) is 6.42 Å². The van der Waals surface area contributed by atoms with Crippen molar-refractivity contribution < 1.29 is 9.53 Å². The van der Waals surface area contributed by atoms with Gasteiger partial charge in [0.1, 0.15) is 5.75 Å². The third-order valence-corrected chi connectivity index (χ3v) is 4.59. The molecule has 0 saturated carbocycles. The summed E-state index contributed by atoms with van der Waals surface area (Å²) in [6.45, 7) is 0. The summed E-state index contributed by atoms with van der Waals surface area (Å²) in [4.78, 5) is 12.5. The molecule has 118 valence electrons. The highest BCUT2D eigenvalue weighted by molar-refractivity contribution is 5.74. The lowest BCUT2D eigenvalue weighted by atomic mass is 9.77. The average Bonchev–Trinajstić information content (AvgIpc) is 2.62. The van der Waals surface area contributed by atoms with Crippen LogP contribution in [0, 0.1) is 0 Å². The zero-order valence-electron chi connectivity index (χ0n) is 13.3. The second kappa shape index (κ2) is 6.32. The minimum Gasteiger partial charge on any atom is -0.427 e. The Balaban J connectivity index is 1.64. The quantitative estimate of drug-likeness (QED) is 0.516. The van der Waals surface area contributed by atoms with Gasteiger partial charge in [-0.2, -0.15) is 0 Å². The van der Waals surface area contributed by atoms with Gasteiger partial charge in [-0.15, -0.1) is 0 Å². The van der Waals surface area contributed by atoms with E-state index in [0.29, 0.717) is 12.2 Å². The van der Waals surface area contributed by atoms with Crippen molar-refractivity contribution in [1.82, 2.24) is 0 Å². The summed E-state index contributed by atoms with van der Waals surface area (Å²) >= 11 is 0. The van der Waals surface area contributed by atoms with Crippen molar-refractivity contribution >= 4 is 5.97 Å². The first kappa shape index (κ1) is 14.7. The second-order valence-corrected chi connectivity index (χ2v) is 6.12. The number of esters is 1. The second-order valence-electron chi connectivity index (χ2n) is 6.12. The zero-order valence-corrected chi connectivity index (χ0v) is 13.3. The van der Waals surface area contributed by atoms with Gasteiger partial charge in [-0.25, -0.2) is 0 Å². The molecular weight excluding hydrogens is 296 g/mol. The maximum absolute atomic E-state index is 12.5. The summed E-state index contributed by atoms with van der Waals surface area (Å²) in [5, 5.41) is 0. The molecular formula is C22H18O2. The molecule has 0 bridgehead atoms. The zero-order chi connectivity index (χ0) is 16.4. The highest BCUT2D eigenvalue weighted by Crippen LogP contribution is 2.38. The molecule has 0 saturated heterocycles. The van der Waals surface area contributed by atoms with Crippen LogP contribution >= 0.6 is 0 Å². The molecule has 0 heterocycles. The maximum Gasteiger partial charge on any atom is 0.312 e. The lowest BCUT2D eigenvalue weighted by Gasteiger charge is -2.28. The number of hydrogen-bond acceptors (Lipinski definition) is 2. The number of hydrogen-bond donors (Lipinski definition) is 0. The summed E-state index contributed by atoms with van der Waals surface area (Å²) in [5.74, 6) is 0.458. The summed E-state index contributed by atoms with van der Waals surface area (Å²) in [6, 6.07) is 26.0. The topological polar surface area (TPSA) is 26.3 Å². The first-order valence-corrected chi connectivity index (χ1v) is 8.22. The van der Waals surface area contributed by atoms with E-state index in [4.69, 9.17) is 4.74 Å². The van der Waals surface area contributed by atoms with Crippen LogP contribution in [0.15, 0.2) is 78.9 Å². The average molecular weight is 314 g/mol. The molecule has 0 N–H and O–H groups in total. The van der Waals surface area contributed by atoms with Gasteiger partial charge in [0.25, 0.3) is 0 Å². The van der Waals surface area contributed by atoms with E-state index < -0.39 is 0 Å². The molecule has 0 fully saturated rings. The summed E-state index contributed by atoms with van der Waals surface area (Å²) in [6.07, 6.45) is 1.28. The Morgan fingerprint density at radius 1 is 0.792 bits per heavy atom. The lowest BCUT2D eigenvalue weighted by Crippen LogP contribution is -2.19. The van der Waals surface area contributed by atoms with E-state index in [1.54, 1.807) is 12.1 Å². The molecule has 4 rings (SSSR count). The molecule has 0 unspecified atom stereocenters. The monoisotopic (exact) mass is 314 g/mol. The standard InChI is InChI=1S/C22H18O2/c23-22(24-18-10-2-1-3-11-18)15-21-19-12-6-4-8-16(19)14-17-9-5-7-13-20(17)21/h1-13,21H,14-15H2. The van der Waals surface area contributed by atoms with Crippen molar-refractivity contribution in [1.29, 1.82) is 0 Å². The van der Waals surface area contributed by atoms with E-state index in [0.717, 1.165) is 6.42 Å².